The van der Waals surface area contributed by atoms with Crippen LogP contribution in [0.3, 0.4) is 0 Å². The zero-order chi connectivity index (χ0) is 13.6. The summed E-state index contributed by atoms with van der Waals surface area (Å²) in [6.07, 6.45) is 2.10. The van der Waals surface area contributed by atoms with Crippen LogP contribution in [0, 0.1) is 17.7 Å². The second kappa shape index (κ2) is 6.83. The Balaban J connectivity index is 2.24. The first-order chi connectivity index (χ1) is 8.43. The predicted octanol–water partition coefficient (Wildman–Crippen LogP) is 3.97. The summed E-state index contributed by atoms with van der Waals surface area (Å²) < 4.78 is 0. The van der Waals surface area contributed by atoms with Gasteiger partial charge in [0.1, 0.15) is 0 Å². The average Bonchev–Trinajstić information content (AvgIpc) is 2.30. The minimum atomic E-state index is -0.150. The Kier molecular flexibility index (Phi) is 5.73. The Bertz CT molecular complexity index is 399. The SMILES string of the molecule is Cc1ccccc1CSCCCC(C)(C)C(=N)N. The maximum Gasteiger partial charge on any atom is 0.0963 e. The van der Waals surface area contributed by atoms with Crippen molar-refractivity contribution in [3.8, 4) is 0 Å². The fourth-order valence-electron chi connectivity index (χ4n) is 1.71. The molecule has 0 aliphatic rings. The number of nitrogens with one attached hydrogen (secondary N) is 1. The monoisotopic (exact) mass is 264 g/mol. The number of thioether (sulfide) groups is 1. The van der Waals surface area contributed by atoms with Crippen LogP contribution in [0.25, 0.3) is 0 Å². The fraction of sp³-hybridized carbons (Fsp3) is 0.533. The summed E-state index contributed by atoms with van der Waals surface area (Å²) in [6.45, 7) is 6.25. The second-order valence-electron chi connectivity index (χ2n) is 5.38. The van der Waals surface area contributed by atoms with Crippen molar-refractivity contribution in [2.75, 3.05) is 5.75 Å². The van der Waals surface area contributed by atoms with Crippen molar-refractivity contribution in [3.63, 3.8) is 0 Å². The molecule has 0 saturated heterocycles. The minimum Gasteiger partial charge on any atom is -0.387 e. The van der Waals surface area contributed by atoms with E-state index in [2.05, 4.69) is 31.2 Å². The molecule has 100 valence electrons. The lowest BCUT2D eigenvalue weighted by atomic mass is 9.87. The van der Waals surface area contributed by atoms with E-state index >= 15 is 0 Å². The normalized spacial score (nSPS) is 11.5. The molecule has 18 heavy (non-hydrogen) atoms. The third-order valence-electron chi connectivity index (χ3n) is 3.34. The smallest absolute Gasteiger partial charge is 0.0963 e. The van der Waals surface area contributed by atoms with Gasteiger partial charge in [-0.3, -0.25) is 5.41 Å². The standard InChI is InChI=1S/C15H24N2S/c1-12-7-4-5-8-13(12)11-18-10-6-9-15(2,3)14(16)17/h4-5,7-8H,6,9-11H2,1-3H3,(H3,16,17). The van der Waals surface area contributed by atoms with E-state index in [9.17, 15) is 0 Å². The Labute approximate surface area is 115 Å². The molecule has 0 amide bonds. The van der Waals surface area contributed by atoms with E-state index in [1.165, 1.54) is 11.1 Å². The molecule has 0 radical (unpaired) electrons. The van der Waals surface area contributed by atoms with E-state index in [0.29, 0.717) is 5.84 Å². The molecule has 0 aliphatic carbocycles. The van der Waals surface area contributed by atoms with Crippen LogP contribution in [-0.4, -0.2) is 11.6 Å². The Morgan fingerprint density at radius 1 is 1.33 bits per heavy atom. The van der Waals surface area contributed by atoms with E-state index in [1.54, 1.807) is 0 Å². The van der Waals surface area contributed by atoms with Gasteiger partial charge in [-0.15, -0.1) is 0 Å². The highest BCUT2D eigenvalue weighted by Crippen LogP contribution is 2.24. The molecule has 1 aromatic rings. The highest BCUT2D eigenvalue weighted by Gasteiger charge is 2.20. The van der Waals surface area contributed by atoms with Gasteiger partial charge >= 0.3 is 0 Å². The van der Waals surface area contributed by atoms with Crippen LogP contribution in [0.15, 0.2) is 24.3 Å². The highest BCUT2D eigenvalue weighted by atomic mass is 32.2. The summed E-state index contributed by atoms with van der Waals surface area (Å²) in [5.41, 5.74) is 8.22. The van der Waals surface area contributed by atoms with Crippen LogP contribution >= 0.6 is 11.8 Å². The van der Waals surface area contributed by atoms with Crippen LogP contribution in [0.1, 0.15) is 37.8 Å². The first-order valence-electron chi connectivity index (χ1n) is 6.40. The van der Waals surface area contributed by atoms with E-state index in [4.69, 9.17) is 11.1 Å². The molecule has 1 rings (SSSR count). The summed E-state index contributed by atoms with van der Waals surface area (Å²) in [7, 11) is 0. The second-order valence-corrected chi connectivity index (χ2v) is 6.49. The number of hydrogen-bond donors (Lipinski definition) is 2. The van der Waals surface area contributed by atoms with Gasteiger partial charge in [-0.2, -0.15) is 11.8 Å². The topological polar surface area (TPSA) is 49.9 Å². The lowest BCUT2D eigenvalue weighted by molar-refractivity contribution is 0.464. The van der Waals surface area contributed by atoms with Gasteiger partial charge in [-0.05, 0) is 36.6 Å². The first kappa shape index (κ1) is 15.1. The number of amidine groups is 1. The maximum absolute atomic E-state index is 7.51. The van der Waals surface area contributed by atoms with E-state index in [1.807, 2.05) is 25.6 Å². The molecule has 0 saturated carbocycles. The largest absolute Gasteiger partial charge is 0.387 e. The molecule has 0 bridgehead atoms. The molecule has 3 heteroatoms. The number of nitrogens with two attached hydrogens (primary N) is 1. The van der Waals surface area contributed by atoms with Gasteiger partial charge < -0.3 is 5.73 Å². The Morgan fingerprint density at radius 3 is 2.61 bits per heavy atom. The van der Waals surface area contributed by atoms with Crippen LogP contribution in [-0.2, 0) is 5.75 Å². The highest BCUT2D eigenvalue weighted by molar-refractivity contribution is 7.98. The Morgan fingerprint density at radius 2 is 2.00 bits per heavy atom. The molecular formula is C15H24N2S. The van der Waals surface area contributed by atoms with E-state index < -0.39 is 0 Å². The average molecular weight is 264 g/mol. The van der Waals surface area contributed by atoms with Crippen molar-refractivity contribution in [2.45, 2.75) is 39.4 Å². The van der Waals surface area contributed by atoms with E-state index in [0.717, 1.165) is 24.3 Å². The number of aryl methyl sites for hydroxylation is 1. The predicted molar refractivity (Wildman–Crippen MR) is 82.3 cm³/mol. The van der Waals surface area contributed by atoms with Crippen LogP contribution in [0.5, 0.6) is 0 Å². The quantitative estimate of drug-likeness (QED) is 0.445. The minimum absolute atomic E-state index is 0.150. The third kappa shape index (κ3) is 4.73. The fourth-order valence-corrected chi connectivity index (χ4v) is 2.74. The molecule has 0 atom stereocenters. The molecule has 1 aromatic carbocycles. The molecule has 0 heterocycles. The summed E-state index contributed by atoms with van der Waals surface area (Å²) in [5.74, 6) is 2.50. The number of benzene rings is 1. The molecular weight excluding hydrogens is 240 g/mol. The summed E-state index contributed by atoms with van der Waals surface area (Å²) in [6, 6.07) is 8.54. The van der Waals surface area contributed by atoms with E-state index in [-0.39, 0.29) is 5.41 Å². The summed E-state index contributed by atoms with van der Waals surface area (Å²) in [4.78, 5) is 0. The third-order valence-corrected chi connectivity index (χ3v) is 4.43. The van der Waals surface area contributed by atoms with Crippen molar-refractivity contribution >= 4 is 17.6 Å². The lowest BCUT2D eigenvalue weighted by Gasteiger charge is -2.22. The van der Waals surface area contributed by atoms with Gasteiger partial charge in [-0.1, -0.05) is 38.1 Å². The van der Waals surface area contributed by atoms with Crippen molar-refractivity contribution < 1.29 is 0 Å². The molecule has 0 fully saturated rings. The van der Waals surface area contributed by atoms with Crippen molar-refractivity contribution in [1.29, 1.82) is 5.41 Å². The van der Waals surface area contributed by atoms with Gasteiger partial charge in [-0.25, -0.2) is 0 Å². The summed E-state index contributed by atoms with van der Waals surface area (Å²) >= 11 is 1.96. The number of hydrogen-bond acceptors (Lipinski definition) is 2. The van der Waals surface area contributed by atoms with Crippen molar-refractivity contribution in [1.82, 2.24) is 0 Å². The zero-order valence-electron chi connectivity index (χ0n) is 11.6. The van der Waals surface area contributed by atoms with Crippen LogP contribution in [0.4, 0.5) is 0 Å². The van der Waals surface area contributed by atoms with Gasteiger partial charge in [0.2, 0.25) is 0 Å². The summed E-state index contributed by atoms with van der Waals surface area (Å²) in [5, 5.41) is 7.51. The zero-order valence-corrected chi connectivity index (χ0v) is 12.4. The van der Waals surface area contributed by atoms with Gasteiger partial charge in [0.25, 0.3) is 0 Å². The van der Waals surface area contributed by atoms with Crippen molar-refractivity contribution in [2.24, 2.45) is 11.1 Å². The van der Waals surface area contributed by atoms with Gasteiger partial charge in [0, 0.05) is 11.2 Å². The number of rotatable bonds is 7. The lowest BCUT2D eigenvalue weighted by Crippen LogP contribution is -2.30. The van der Waals surface area contributed by atoms with Crippen LogP contribution in [0.2, 0.25) is 0 Å². The maximum atomic E-state index is 7.51. The van der Waals surface area contributed by atoms with Gasteiger partial charge in [0.15, 0.2) is 0 Å². The molecule has 0 unspecified atom stereocenters. The van der Waals surface area contributed by atoms with Crippen LogP contribution < -0.4 is 5.73 Å². The van der Waals surface area contributed by atoms with Crippen molar-refractivity contribution in [3.05, 3.63) is 35.4 Å². The van der Waals surface area contributed by atoms with Gasteiger partial charge in [0.05, 0.1) is 5.84 Å². The molecule has 0 aliphatic heterocycles. The first-order valence-corrected chi connectivity index (χ1v) is 7.56. The molecule has 0 aromatic heterocycles. The molecule has 3 N–H and O–H groups in total. The Hall–Kier alpha value is -0.960. The molecule has 0 spiro atoms. The molecule has 2 nitrogen and oxygen atoms in total.